The quantitative estimate of drug-likeness (QED) is 0.267. The van der Waals surface area contributed by atoms with Crippen LogP contribution in [0.1, 0.15) is 22.3 Å². The number of hydrogen-bond acceptors (Lipinski definition) is 10. The Morgan fingerprint density at radius 1 is 1.07 bits per heavy atom. The number of primary amides is 1. The molecule has 2 aromatic rings. The van der Waals surface area contributed by atoms with Crippen molar-refractivity contribution in [3.8, 4) is 16.9 Å². The number of phenolic OH excluding ortho intramolecular Hbond substituents is 1. The van der Waals surface area contributed by atoms with Gasteiger partial charge in [-0.3, -0.25) is 24.1 Å². The topological polar surface area (TPSA) is 194 Å². The molecule has 2 aromatic carbocycles. The molecule has 0 bridgehead atoms. The number of aromatic hydroxyl groups is 1. The lowest BCUT2D eigenvalue weighted by Crippen LogP contribution is -2.63. The molecular formula is C31H34N4O8. The molecule has 4 atom stereocenters. The van der Waals surface area contributed by atoms with Crippen LogP contribution in [-0.4, -0.2) is 100.0 Å². The number of likely N-dealkylation sites (N-methyl/N-ethyl adjacent to an activating group) is 2. The molecular weight excluding hydrogens is 556 g/mol. The molecule has 0 fully saturated rings. The predicted octanol–water partition coefficient (Wildman–Crippen LogP) is 1.29. The van der Waals surface area contributed by atoms with Gasteiger partial charge in [0.2, 0.25) is 11.7 Å². The van der Waals surface area contributed by atoms with Gasteiger partial charge in [0.25, 0.3) is 5.91 Å². The number of amides is 2. The first-order valence-electron chi connectivity index (χ1n) is 13.7. The highest BCUT2D eigenvalue weighted by Gasteiger charge is 2.63. The number of allylic oxidation sites excluding steroid dienone is 1. The van der Waals surface area contributed by atoms with Gasteiger partial charge in [0.1, 0.15) is 22.8 Å². The largest absolute Gasteiger partial charge is 0.510 e. The maximum Gasteiger partial charge on any atom is 0.255 e. The Hall–Kier alpha value is -4.52. The lowest BCUT2D eigenvalue weighted by atomic mass is 9.58. The molecule has 0 unspecified atom stereocenters. The van der Waals surface area contributed by atoms with E-state index in [4.69, 9.17) is 5.73 Å². The predicted molar refractivity (Wildman–Crippen MR) is 156 cm³/mol. The highest BCUT2D eigenvalue weighted by molar-refractivity contribution is 6.25. The van der Waals surface area contributed by atoms with Gasteiger partial charge in [-0.2, -0.15) is 0 Å². The van der Waals surface area contributed by atoms with Crippen LogP contribution in [0.2, 0.25) is 0 Å². The van der Waals surface area contributed by atoms with E-state index < -0.39 is 58.0 Å². The van der Waals surface area contributed by atoms with E-state index in [1.54, 1.807) is 63.4 Å². The number of fused-ring (bicyclic) bond motifs is 3. The number of aliphatic hydroxyl groups excluding tert-OH is 2. The number of anilines is 1. The molecule has 2 amide bonds. The SMILES string of the molecule is CN(C)CC(=O)Nc1cccc(-c2ccc(O)c3c2C[C@H]2C[C@H]4[C@H](N(C)C)C(O)=C(C(N)=O)C(=O)[C@@]4(O)C(O)=C2C3=O)c1. The first kappa shape index (κ1) is 30.0. The maximum atomic E-state index is 14.0. The fourth-order valence-corrected chi connectivity index (χ4v) is 6.77. The zero-order valence-corrected chi connectivity index (χ0v) is 24.2. The molecule has 0 saturated heterocycles. The minimum Gasteiger partial charge on any atom is -0.510 e. The van der Waals surface area contributed by atoms with Crippen LogP contribution < -0.4 is 11.1 Å². The van der Waals surface area contributed by atoms with Crippen molar-refractivity contribution in [3.05, 3.63) is 70.2 Å². The van der Waals surface area contributed by atoms with Gasteiger partial charge in [-0.25, -0.2) is 0 Å². The fourth-order valence-electron chi connectivity index (χ4n) is 6.77. The first-order valence-corrected chi connectivity index (χ1v) is 13.7. The van der Waals surface area contributed by atoms with Gasteiger partial charge < -0.3 is 36.4 Å². The summed E-state index contributed by atoms with van der Waals surface area (Å²) in [7, 11) is 6.71. The standard InChI is InChI=1S/C31H34N4O8/c1-34(2)13-21(37)33-16-7-5-6-14(10-16)17-8-9-20(36)23-18(17)11-15-12-19-25(35(3)4)27(39)24(30(32)42)29(41)31(19,43)28(40)22(15)26(23)38/h5-10,15,19,25,36,39-40,43H,11-13H2,1-4H3,(H2,32,42)(H,33,37)/t15-,19-,25-,31-/m0/s1. The number of carbonyl (C=O) groups is 4. The Balaban J connectivity index is 1.63. The van der Waals surface area contributed by atoms with E-state index >= 15 is 0 Å². The van der Waals surface area contributed by atoms with Crippen molar-refractivity contribution in [2.24, 2.45) is 17.6 Å². The van der Waals surface area contributed by atoms with Crippen LogP contribution in [0.4, 0.5) is 5.69 Å². The number of Topliss-reactive ketones (excluding diaryl/α,β-unsaturated/α-hetero) is 2. The van der Waals surface area contributed by atoms with Crippen molar-refractivity contribution in [1.82, 2.24) is 9.80 Å². The summed E-state index contributed by atoms with van der Waals surface area (Å²) in [5.41, 5.74) is 3.84. The number of nitrogens with zero attached hydrogens (tertiary/aromatic N) is 2. The molecule has 43 heavy (non-hydrogen) atoms. The Kier molecular flexibility index (Phi) is 7.41. The average Bonchev–Trinajstić information content (AvgIpc) is 2.90. The minimum atomic E-state index is -2.70. The van der Waals surface area contributed by atoms with E-state index in [-0.39, 0.29) is 42.2 Å². The molecule has 0 heterocycles. The summed E-state index contributed by atoms with van der Waals surface area (Å²) < 4.78 is 0. The third-order valence-corrected chi connectivity index (χ3v) is 8.52. The summed E-state index contributed by atoms with van der Waals surface area (Å²) in [6, 6.07) is 8.98. The second-order valence-corrected chi connectivity index (χ2v) is 11.8. The van der Waals surface area contributed by atoms with Crippen LogP contribution in [0.25, 0.3) is 11.1 Å². The molecule has 3 aliphatic rings. The number of nitrogens with two attached hydrogens (primary N) is 1. The second-order valence-electron chi connectivity index (χ2n) is 11.8. The number of phenols is 1. The number of rotatable bonds is 6. The van der Waals surface area contributed by atoms with Gasteiger partial charge in [0.15, 0.2) is 11.4 Å². The van der Waals surface area contributed by atoms with Crippen molar-refractivity contribution in [3.63, 3.8) is 0 Å². The molecule has 0 saturated carbocycles. The number of aliphatic hydroxyl groups is 3. The van der Waals surface area contributed by atoms with Crippen molar-refractivity contribution in [2.45, 2.75) is 24.5 Å². The summed E-state index contributed by atoms with van der Waals surface area (Å²) in [5.74, 6) is -7.23. The van der Waals surface area contributed by atoms with E-state index in [1.165, 1.54) is 11.0 Å². The zero-order chi connectivity index (χ0) is 31.5. The summed E-state index contributed by atoms with van der Waals surface area (Å²) in [4.78, 5) is 55.2. The molecule has 0 aromatic heterocycles. The van der Waals surface area contributed by atoms with Crippen LogP contribution >= 0.6 is 0 Å². The molecule has 5 rings (SSSR count). The van der Waals surface area contributed by atoms with Gasteiger partial charge in [-0.05, 0) is 81.8 Å². The van der Waals surface area contributed by atoms with Gasteiger partial charge in [-0.15, -0.1) is 0 Å². The van der Waals surface area contributed by atoms with Crippen LogP contribution in [0, 0.1) is 11.8 Å². The van der Waals surface area contributed by atoms with Gasteiger partial charge in [0, 0.05) is 17.2 Å². The lowest BCUT2D eigenvalue weighted by molar-refractivity contribution is -0.148. The van der Waals surface area contributed by atoms with E-state index in [0.717, 1.165) is 0 Å². The number of benzene rings is 2. The van der Waals surface area contributed by atoms with E-state index in [1.807, 2.05) is 0 Å². The van der Waals surface area contributed by atoms with Gasteiger partial charge in [0.05, 0.1) is 18.2 Å². The first-order chi connectivity index (χ1) is 20.2. The summed E-state index contributed by atoms with van der Waals surface area (Å²) in [5, 5.41) is 47.8. The Morgan fingerprint density at radius 3 is 2.40 bits per heavy atom. The van der Waals surface area contributed by atoms with E-state index in [2.05, 4.69) is 5.32 Å². The van der Waals surface area contributed by atoms with E-state index in [0.29, 0.717) is 22.4 Å². The molecule has 12 heteroatoms. The molecule has 0 spiro atoms. The molecule has 7 N–H and O–H groups in total. The third kappa shape index (κ3) is 4.67. The van der Waals surface area contributed by atoms with Crippen molar-refractivity contribution >= 4 is 29.1 Å². The molecule has 226 valence electrons. The number of hydrogen-bond donors (Lipinski definition) is 6. The van der Waals surface area contributed by atoms with Crippen LogP contribution in [0.15, 0.2) is 59.1 Å². The third-order valence-electron chi connectivity index (χ3n) is 8.52. The number of ketones is 2. The minimum absolute atomic E-state index is 0.0124. The van der Waals surface area contributed by atoms with Crippen LogP contribution in [0.5, 0.6) is 5.75 Å². The van der Waals surface area contributed by atoms with Crippen molar-refractivity contribution < 1.29 is 39.6 Å². The van der Waals surface area contributed by atoms with Crippen LogP contribution in [-0.2, 0) is 20.8 Å². The lowest BCUT2D eigenvalue weighted by Gasteiger charge is -2.50. The number of carbonyl (C=O) groups excluding carboxylic acids is 4. The molecule has 0 aliphatic heterocycles. The Bertz CT molecular complexity index is 1640. The highest BCUT2D eigenvalue weighted by atomic mass is 16.3. The Morgan fingerprint density at radius 2 is 1.77 bits per heavy atom. The summed E-state index contributed by atoms with van der Waals surface area (Å²) in [6.45, 7) is 0.184. The molecule has 12 nitrogen and oxygen atoms in total. The molecule has 3 aliphatic carbocycles. The van der Waals surface area contributed by atoms with E-state index in [9.17, 15) is 39.6 Å². The molecule has 0 radical (unpaired) electrons. The smallest absolute Gasteiger partial charge is 0.255 e. The Labute approximate surface area is 247 Å². The fraction of sp³-hybridized carbons (Fsp3) is 0.355. The van der Waals surface area contributed by atoms with Crippen LogP contribution in [0.3, 0.4) is 0 Å². The summed E-state index contributed by atoms with van der Waals surface area (Å²) >= 11 is 0. The van der Waals surface area contributed by atoms with Gasteiger partial charge in [-0.1, -0.05) is 18.2 Å². The number of nitrogens with one attached hydrogen (secondary N) is 1. The van der Waals surface area contributed by atoms with Crippen molar-refractivity contribution in [1.29, 1.82) is 0 Å². The summed E-state index contributed by atoms with van der Waals surface area (Å²) in [6.07, 6.45) is 0.136. The van der Waals surface area contributed by atoms with Crippen molar-refractivity contribution in [2.75, 3.05) is 40.1 Å². The monoisotopic (exact) mass is 590 g/mol. The zero-order valence-electron chi connectivity index (χ0n) is 24.2. The maximum absolute atomic E-state index is 14.0. The normalized spacial score (nSPS) is 25.0. The highest BCUT2D eigenvalue weighted by Crippen LogP contribution is 2.53. The second kappa shape index (κ2) is 10.6. The van der Waals surface area contributed by atoms with Gasteiger partial charge >= 0.3 is 0 Å². The average molecular weight is 591 g/mol.